The van der Waals surface area contributed by atoms with Crippen molar-refractivity contribution in [2.45, 2.75) is 0 Å². The maximum Gasteiger partial charge on any atom is 0.0428 e. The van der Waals surface area contributed by atoms with Gasteiger partial charge in [0, 0.05) is 39.7 Å². The van der Waals surface area contributed by atoms with Gasteiger partial charge in [-0.25, -0.2) is 0 Å². The molecule has 46 heavy (non-hydrogen) atoms. The van der Waals surface area contributed by atoms with Crippen molar-refractivity contribution in [3.8, 4) is 41.8 Å². The van der Waals surface area contributed by atoms with E-state index >= 15 is 0 Å². The Morgan fingerprint density at radius 1 is 0.304 bits per heavy atom. The lowest BCUT2D eigenvalue weighted by Crippen LogP contribution is -1.81. The fourth-order valence-corrected chi connectivity index (χ4v) is 10.7. The summed E-state index contributed by atoms with van der Waals surface area (Å²) in [6.45, 7) is 0. The van der Waals surface area contributed by atoms with Gasteiger partial charge >= 0.3 is 0 Å². The summed E-state index contributed by atoms with van der Waals surface area (Å²) in [6, 6.07) is 50.0. The van der Waals surface area contributed by atoms with Crippen molar-refractivity contribution in [3.63, 3.8) is 0 Å². The Labute approximate surface area is 282 Å². The van der Waals surface area contributed by atoms with E-state index in [-0.39, 0.29) is 0 Å². The van der Waals surface area contributed by atoms with Crippen molar-refractivity contribution in [2.75, 3.05) is 0 Å². The van der Waals surface area contributed by atoms with E-state index in [1.165, 1.54) is 94.3 Å². The highest BCUT2D eigenvalue weighted by atomic mass is 32.1. The molecule has 4 aromatic heterocycles. The van der Waals surface area contributed by atoms with Gasteiger partial charge in [0.1, 0.15) is 0 Å². The molecule has 0 amide bonds. The van der Waals surface area contributed by atoms with Crippen LogP contribution in [0.4, 0.5) is 0 Å². The zero-order valence-corrected chi connectivity index (χ0v) is 27.8. The van der Waals surface area contributed by atoms with Crippen LogP contribution in [0.25, 0.3) is 94.3 Å². The van der Waals surface area contributed by atoms with Gasteiger partial charge in [-0.2, -0.15) is 0 Å². The summed E-state index contributed by atoms with van der Waals surface area (Å²) in [7, 11) is 0. The molecule has 0 nitrogen and oxygen atoms in total. The lowest BCUT2D eigenvalue weighted by atomic mass is 9.96. The molecule has 0 aliphatic heterocycles. The van der Waals surface area contributed by atoms with Gasteiger partial charge in [-0.15, -0.1) is 45.3 Å². The summed E-state index contributed by atoms with van der Waals surface area (Å²) < 4.78 is 2.72. The third-order valence-electron chi connectivity index (χ3n) is 9.10. The minimum absolute atomic E-state index is 1.28. The molecule has 0 N–H and O–H groups in total. The molecule has 0 saturated heterocycles. The fourth-order valence-electron chi connectivity index (χ4n) is 6.80. The molecular weight excluding hydrogens is 633 g/mol. The summed E-state index contributed by atoms with van der Waals surface area (Å²) in [4.78, 5) is 5.26. The Morgan fingerprint density at radius 3 is 1.04 bits per heavy atom. The van der Waals surface area contributed by atoms with Gasteiger partial charge in [0.2, 0.25) is 0 Å². The molecule has 4 heteroatoms. The molecule has 0 unspecified atom stereocenters. The second-order valence-electron chi connectivity index (χ2n) is 11.7. The van der Waals surface area contributed by atoms with Crippen molar-refractivity contribution >= 4 is 97.8 Å². The summed E-state index contributed by atoms with van der Waals surface area (Å²) >= 11 is 7.38. The molecule has 0 atom stereocenters. The predicted octanol–water partition coefficient (Wildman–Crippen LogP) is 14.4. The second-order valence-corrected chi connectivity index (χ2v) is 15.7. The van der Waals surface area contributed by atoms with Crippen LogP contribution in [-0.2, 0) is 0 Å². The molecule has 0 radical (unpaired) electrons. The average molecular weight is 657 g/mol. The molecule has 216 valence electrons. The van der Waals surface area contributed by atoms with E-state index in [4.69, 9.17) is 0 Å². The summed E-state index contributed by atoms with van der Waals surface area (Å²) in [5.74, 6) is 0. The largest absolute Gasteiger partial charge is 0.144 e. The Morgan fingerprint density at radius 2 is 0.652 bits per heavy atom. The van der Waals surface area contributed by atoms with Gasteiger partial charge in [-0.1, -0.05) is 109 Å². The Kier molecular flexibility index (Phi) is 6.06. The molecule has 0 saturated carbocycles. The SMILES string of the molecule is c1csc(-c2ccc(-c3cc4ccc5c6ccc7c(ccc8cc(-c9ccc(-c%10cccs%10)cc9)sc87)c6ccc5c4s3)cc2)c1. The van der Waals surface area contributed by atoms with Crippen LogP contribution >= 0.6 is 45.3 Å². The highest BCUT2D eigenvalue weighted by Gasteiger charge is 2.14. The number of thiophene rings is 4. The Hall–Kier alpha value is -4.58. The number of benzene rings is 6. The van der Waals surface area contributed by atoms with E-state index in [1.54, 1.807) is 22.7 Å². The minimum Gasteiger partial charge on any atom is -0.144 e. The third-order valence-corrected chi connectivity index (χ3v) is 13.4. The van der Waals surface area contributed by atoms with Crippen LogP contribution in [0, 0.1) is 0 Å². The van der Waals surface area contributed by atoms with Crippen LogP contribution in [0.1, 0.15) is 0 Å². The lowest BCUT2D eigenvalue weighted by Gasteiger charge is -2.09. The van der Waals surface area contributed by atoms with Crippen molar-refractivity contribution in [2.24, 2.45) is 0 Å². The van der Waals surface area contributed by atoms with Crippen LogP contribution in [0.3, 0.4) is 0 Å². The Balaban J connectivity index is 1.05. The summed E-state index contributed by atoms with van der Waals surface area (Å²) in [5, 5.41) is 14.9. The van der Waals surface area contributed by atoms with Gasteiger partial charge in [-0.3, -0.25) is 0 Å². The zero-order valence-electron chi connectivity index (χ0n) is 24.5. The normalized spacial score (nSPS) is 11.9. The van der Waals surface area contributed by atoms with Gasteiger partial charge in [0.05, 0.1) is 0 Å². The van der Waals surface area contributed by atoms with Crippen molar-refractivity contribution in [1.29, 1.82) is 0 Å². The molecule has 4 heterocycles. The van der Waals surface area contributed by atoms with Crippen LogP contribution in [-0.4, -0.2) is 0 Å². The smallest absolute Gasteiger partial charge is 0.0428 e. The number of hydrogen-bond acceptors (Lipinski definition) is 4. The topological polar surface area (TPSA) is 0 Å². The van der Waals surface area contributed by atoms with E-state index in [2.05, 4.69) is 144 Å². The highest BCUT2D eigenvalue weighted by molar-refractivity contribution is 7.23. The minimum atomic E-state index is 1.28. The van der Waals surface area contributed by atoms with E-state index in [1.807, 2.05) is 22.7 Å². The highest BCUT2D eigenvalue weighted by Crippen LogP contribution is 2.44. The second kappa shape index (κ2) is 10.5. The van der Waals surface area contributed by atoms with E-state index in [0.29, 0.717) is 0 Å². The van der Waals surface area contributed by atoms with Gasteiger partial charge in [0.25, 0.3) is 0 Å². The Bertz CT molecular complexity index is 2510. The maximum atomic E-state index is 2.35. The van der Waals surface area contributed by atoms with E-state index in [9.17, 15) is 0 Å². The summed E-state index contributed by atoms with van der Waals surface area (Å²) in [5.41, 5.74) is 5.12. The van der Waals surface area contributed by atoms with Crippen molar-refractivity contribution in [3.05, 3.63) is 144 Å². The van der Waals surface area contributed by atoms with Gasteiger partial charge < -0.3 is 0 Å². The van der Waals surface area contributed by atoms with E-state index in [0.717, 1.165) is 0 Å². The first-order valence-electron chi connectivity index (χ1n) is 15.3. The third kappa shape index (κ3) is 4.22. The van der Waals surface area contributed by atoms with Crippen LogP contribution < -0.4 is 0 Å². The molecule has 0 aliphatic carbocycles. The maximum absolute atomic E-state index is 2.35. The van der Waals surface area contributed by atoms with Crippen molar-refractivity contribution in [1.82, 2.24) is 0 Å². The summed E-state index contributed by atoms with van der Waals surface area (Å²) in [6.07, 6.45) is 0. The first-order valence-corrected chi connectivity index (χ1v) is 18.7. The van der Waals surface area contributed by atoms with Gasteiger partial charge in [-0.05, 0) is 89.6 Å². The molecule has 0 spiro atoms. The van der Waals surface area contributed by atoms with Crippen LogP contribution in [0.15, 0.2) is 144 Å². The average Bonchev–Trinajstić information content (AvgIpc) is 3.94. The quantitative estimate of drug-likeness (QED) is 0.165. The molecule has 10 rings (SSSR count). The lowest BCUT2D eigenvalue weighted by molar-refractivity contribution is 1.69. The molecule has 0 aliphatic rings. The number of rotatable bonds is 4. The predicted molar refractivity (Wildman–Crippen MR) is 207 cm³/mol. The number of hydrogen-bond donors (Lipinski definition) is 0. The first-order chi connectivity index (χ1) is 22.8. The molecule has 0 fully saturated rings. The zero-order chi connectivity index (χ0) is 30.2. The van der Waals surface area contributed by atoms with Crippen LogP contribution in [0.5, 0.6) is 0 Å². The molecular formula is C42H24S4. The molecule has 0 bridgehead atoms. The monoisotopic (exact) mass is 656 g/mol. The van der Waals surface area contributed by atoms with E-state index < -0.39 is 0 Å². The molecule has 6 aromatic carbocycles. The molecule has 10 aromatic rings. The van der Waals surface area contributed by atoms with Crippen LogP contribution in [0.2, 0.25) is 0 Å². The van der Waals surface area contributed by atoms with Crippen molar-refractivity contribution < 1.29 is 0 Å². The first kappa shape index (κ1) is 26.6. The van der Waals surface area contributed by atoms with Gasteiger partial charge in [0.15, 0.2) is 0 Å². The number of fused-ring (bicyclic) bond motifs is 9. The fraction of sp³-hybridized carbons (Fsp3) is 0. The standard InChI is InChI=1S/C42H24S4/c1-3-37(43-21-1)25-5-9-27(10-6-25)39-23-29-13-15-33-31-18-20-36-34(32(31)17-19-35(33)41(29)45-39)16-14-30-24-40(46-42(30)36)28-11-7-26(8-12-28)38-4-2-22-44-38/h1-24H.